The summed E-state index contributed by atoms with van der Waals surface area (Å²) >= 11 is 1.53. The third kappa shape index (κ3) is 4.45. The van der Waals surface area contributed by atoms with Crippen LogP contribution < -0.4 is 4.90 Å². The van der Waals surface area contributed by atoms with Gasteiger partial charge in [-0.1, -0.05) is 31.0 Å². The van der Waals surface area contributed by atoms with Crippen molar-refractivity contribution in [3.63, 3.8) is 0 Å². The molecule has 1 amide bonds. The number of nitro benzene ring substituents is 1. The molecule has 152 valence electrons. The maximum absolute atomic E-state index is 14.4. The van der Waals surface area contributed by atoms with Crippen molar-refractivity contribution in [3.05, 3.63) is 34.1 Å². The maximum atomic E-state index is 14.4. The summed E-state index contributed by atoms with van der Waals surface area (Å²) in [5, 5.41) is 11.9. The number of carbonyl (C=O) groups is 1. The molecule has 1 saturated carbocycles. The number of thioether (sulfide) groups is 1. The number of amidine groups is 1. The minimum absolute atomic E-state index is 0.0762. The van der Waals surface area contributed by atoms with Crippen molar-refractivity contribution in [2.45, 2.75) is 45.2 Å². The molecule has 0 radical (unpaired) electrons. The van der Waals surface area contributed by atoms with Gasteiger partial charge in [0.15, 0.2) is 5.17 Å². The highest BCUT2D eigenvalue weighted by molar-refractivity contribution is 8.14. The molecule has 28 heavy (non-hydrogen) atoms. The Labute approximate surface area is 168 Å². The molecule has 1 aliphatic heterocycles. The molecule has 1 aliphatic carbocycles. The minimum atomic E-state index is -0.660. The van der Waals surface area contributed by atoms with E-state index in [0.29, 0.717) is 11.7 Å². The molecule has 1 aromatic rings. The van der Waals surface area contributed by atoms with Crippen molar-refractivity contribution in [1.82, 2.24) is 4.90 Å². The van der Waals surface area contributed by atoms with E-state index in [0.717, 1.165) is 29.9 Å². The van der Waals surface area contributed by atoms with Gasteiger partial charge in [0.05, 0.1) is 10.6 Å². The molecule has 1 atom stereocenters. The largest absolute Gasteiger partial charge is 0.333 e. The fourth-order valence-corrected chi connectivity index (χ4v) is 4.97. The molecule has 0 spiro atoms. The molecular formula is C19H25FN4O3S. The van der Waals surface area contributed by atoms with E-state index < -0.39 is 16.9 Å². The molecule has 1 heterocycles. The van der Waals surface area contributed by atoms with Crippen molar-refractivity contribution in [2.24, 2.45) is 10.9 Å². The van der Waals surface area contributed by atoms with Crippen LogP contribution in [0, 0.1) is 21.8 Å². The first-order valence-electron chi connectivity index (χ1n) is 9.52. The number of anilines is 1. The van der Waals surface area contributed by atoms with Gasteiger partial charge >= 0.3 is 0 Å². The van der Waals surface area contributed by atoms with Gasteiger partial charge in [0, 0.05) is 38.4 Å². The zero-order valence-electron chi connectivity index (χ0n) is 16.1. The highest BCUT2D eigenvalue weighted by Gasteiger charge is 2.36. The first kappa shape index (κ1) is 20.6. The summed E-state index contributed by atoms with van der Waals surface area (Å²) in [4.78, 5) is 30.7. The Morgan fingerprint density at radius 1 is 1.39 bits per heavy atom. The van der Waals surface area contributed by atoms with Crippen molar-refractivity contribution in [1.29, 1.82) is 0 Å². The first-order valence-corrected chi connectivity index (χ1v) is 10.5. The predicted molar refractivity (Wildman–Crippen MR) is 109 cm³/mol. The summed E-state index contributed by atoms with van der Waals surface area (Å²) in [6.07, 6.45) is 5.77. The van der Waals surface area contributed by atoms with Crippen LogP contribution in [0.1, 0.15) is 39.0 Å². The average Bonchev–Trinajstić information content (AvgIpc) is 3.02. The van der Waals surface area contributed by atoms with Crippen LogP contribution in [0.25, 0.3) is 0 Å². The second kappa shape index (κ2) is 8.89. The normalized spacial score (nSPS) is 21.9. The van der Waals surface area contributed by atoms with E-state index in [1.807, 2.05) is 11.9 Å². The molecule has 7 nitrogen and oxygen atoms in total. The lowest BCUT2D eigenvalue weighted by Gasteiger charge is -2.32. The summed E-state index contributed by atoms with van der Waals surface area (Å²) in [5.74, 6) is 0.103. The van der Waals surface area contributed by atoms with Crippen molar-refractivity contribution < 1.29 is 14.1 Å². The van der Waals surface area contributed by atoms with E-state index in [1.165, 1.54) is 55.7 Å². The Bertz CT molecular complexity index is 782. The third-order valence-electron chi connectivity index (χ3n) is 5.36. The van der Waals surface area contributed by atoms with E-state index in [9.17, 15) is 19.3 Å². The van der Waals surface area contributed by atoms with Gasteiger partial charge in [0.2, 0.25) is 5.91 Å². The van der Waals surface area contributed by atoms with Crippen LogP contribution in [0.15, 0.2) is 23.2 Å². The van der Waals surface area contributed by atoms with Gasteiger partial charge in [0.25, 0.3) is 5.69 Å². The van der Waals surface area contributed by atoms with Crippen molar-refractivity contribution in [2.75, 3.05) is 24.2 Å². The molecule has 1 unspecified atom stereocenters. The number of hydrogen-bond donors (Lipinski definition) is 0. The molecule has 9 heteroatoms. The second-order valence-corrected chi connectivity index (χ2v) is 8.30. The van der Waals surface area contributed by atoms with Gasteiger partial charge in [-0.25, -0.2) is 4.39 Å². The highest BCUT2D eigenvalue weighted by atomic mass is 32.2. The van der Waals surface area contributed by atoms with Crippen molar-refractivity contribution in [3.8, 4) is 0 Å². The van der Waals surface area contributed by atoms with E-state index >= 15 is 0 Å². The monoisotopic (exact) mass is 408 g/mol. The second-order valence-electron chi connectivity index (χ2n) is 7.31. The first-order chi connectivity index (χ1) is 13.4. The maximum Gasteiger partial charge on any atom is 0.271 e. The van der Waals surface area contributed by atoms with Gasteiger partial charge in [-0.2, -0.15) is 0 Å². The molecule has 1 aromatic carbocycles. The SMILES string of the molecule is CC(=O)N(c1cc([N+](=O)[O-])ccc1F)C1CSC(=NCC2CCCCC2)N1C. The van der Waals surface area contributed by atoms with E-state index in [4.69, 9.17) is 4.99 Å². The molecule has 0 N–H and O–H groups in total. The smallest absolute Gasteiger partial charge is 0.271 e. The van der Waals surface area contributed by atoms with E-state index in [-0.39, 0.29) is 17.3 Å². The number of non-ortho nitro benzene ring substituents is 1. The van der Waals surface area contributed by atoms with Crippen LogP contribution in [0.3, 0.4) is 0 Å². The minimum Gasteiger partial charge on any atom is -0.333 e. The summed E-state index contributed by atoms with van der Waals surface area (Å²) in [5.41, 5.74) is -0.324. The molecule has 3 rings (SSSR count). The number of aliphatic imine (C=N–C) groups is 1. The summed E-state index contributed by atoms with van der Waals surface area (Å²) < 4.78 is 14.4. The van der Waals surface area contributed by atoms with Crippen LogP contribution in [-0.2, 0) is 4.79 Å². The predicted octanol–water partition coefficient (Wildman–Crippen LogP) is 4.03. The van der Waals surface area contributed by atoms with Gasteiger partial charge in [-0.15, -0.1) is 0 Å². The van der Waals surface area contributed by atoms with Crippen LogP contribution in [0.2, 0.25) is 0 Å². The molecular weight excluding hydrogens is 383 g/mol. The number of halogens is 1. The number of nitro groups is 1. The topological polar surface area (TPSA) is 79.0 Å². The number of rotatable bonds is 5. The number of benzene rings is 1. The summed E-state index contributed by atoms with van der Waals surface area (Å²) in [6, 6.07) is 3.25. The van der Waals surface area contributed by atoms with Crippen LogP contribution in [-0.4, -0.2) is 46.4 Å². The quantitative estimate of drug-likeness (QED) is 0.543. The Morgan fingerprint density at radius 3 is 2.75 bits per heavy atom. The van der Waals surface area contributed by atoms with Gasteiger partial charge in [0.1, 0.15) is 12.0 Å². The third-order valence-corrected chi connectivity index (χ3v) is 6.50. The van der Waals surface area contributed by atoms with Gasteiger partial charge < -0.3 is 4.90 Å². The summed E-state index contributed by atoms with van der Waals surface area (Å²) in [7, 11) is 1.83. The molecule has 1 saturated heterocycles. The number of amides is 1. The Kier molecular flexibility index (Phi) is 6.53. The Morgan fingerprint density at radius 2 is 2.11 bits per heavy atom. The zero-order chi connectivity index (χ0) is 20.3. The van der Waals surface area contributed by atoms with Crippen LogP contribution >= 0.6 is 11.8 Å². The zero-order valence-corrected chi connectivity index (χ0v) is 17.0. The lowest BCUT2D eigenvalue weighted by atomic mass is 9.89. The fourth-order valence-electron chi connectivity index (χ4n) is 3.81. The Balaban J connectivity index is 1.81. The van der Waals surface area contributed by atoms with E-state index in [2.05, 4.69) is 0 Å². The van der Waals surface area contributed by atoms with E-state index in [1.54, 1.807) is 0 Å². The van der Waals surface area contributed by atoms with Crippen LogP contribution in [0.5, 0.6) is 0 Å². The van der Waals surface area contributed by atoms with Crippen molar-refractivity contribution >= 4 is 34.2 Å². The summed E-state index contributed by atoms with van der Waals surface area (Å²) in [6.45, 7) is 2.11. The number of nitrogens with zero attached hydrogens (tertiary/aromatic N) is 4. The van der Waals surface area contributed by atoms with Gasteiger partial charge in [-0.3, -0.25) is 24.8 Å². The lowest BCUT2D eigenvalue weighted by molar-refractivity contribution is -0.384. The molecule has 0 bridgehead atoms. The average molecular weight is 408 g/mol. The number of carbonyl (C=O) groups excluding carboxylic acids is 1. The fraction of sp³-hybridized carbons (Fsp3) is 0.579. The van der Waals surface area contributed by atoms with Crippen LogP contribution in [0.4, 0.5) is 15.8 Å². The highest BCUT2D eigenvalue weighted by Crippen LogP contribution is 2.33. The molecule has 0 aromatic heterocycles. The molecule has 2 fully saturated rings. The lowest BCUT2D eigenvalue weighted by Crippen LogP contribution is -2.48. The van der Waals surface area contributed by atoms with Gasteiger partial charge in [-0.05, 0) is 24.8 Å². The molecule has 2 aliphatic rings. The Hall–Kier alpha value is -2.16. The number of hydrogen-bond acceptors (Lipinski definition) is 5. The standard InChI is InChI=1S/C19H25FN4O3S/c1-13(25)23(17-10-15(24(26)27)8-9-16(17)20)18-12-28-19(22(18)2)21-11-14-6-4-3-5-7-14/h8-10,14,18H,3-7,11-12H2,1-2H3.